The second kappa shape index (κ2) is 6.24. The highest BCUT2D eigenvalue weighted by molar-refractivity contribution is 9.10. The van der Waals surface area contributed by atoms with E-state index in [4.69, 9.17) is 0 Å². The third-order valence-electron chi connectivity index (χ3n) is 3.49. The maximum absolute atomic E-state index is 4.37. The van der Waals surface area contributed by atoms with Gasteiger partial charge in [-0.2, -0.15) is 0 Å². The van der Waals surface area contributed by atoms with E-state index in [9.17, 15) is 0 Å². The summed E-state index contributed by atoms with van der Waals surface area (Å²) in [5.41, 5.74) is 5.63. The lowest BCUT2D eigenvalue weighted by molar-refractivity contribution is 0.685. The van der Waals surface area contributed by atoms with Gasteiger partial charge in [0.05, 0.1) is 17.7 Å². The van der Waals surface area contributed by atoms with Crippen LogP contribution in [0.25, 0.3) is 0 Å². The van der Waals surface area contributed by atoms with Crippen LogP contribution in [0.1, 0.15) is 24.1 Å². The first kappa shape index (κ1) is 14.0. The molecule has 2 aromatic rings. The van der Waals surface area contributed by atoms with Crippen LogP contribution in [0.3, 0.4) is 0 Å². The van der Waals surface area contributed by atoms with Crippen molar-refractivity contribution in [2.75, 3.05) is 11.9 Å². The van der Waals surface area contributed by atoms with Crippen molar-refractivity contribution >= 4 is 33.0 Å². The predicted octanol–water partition coefficient (Wildman–Crippen LogP) is 3.79. The minimum absolute atomic E-state index is 0.727. The van der Waals surface area contributed by atoms with Crippen LogP contribution in [0.4, 0.5) is 5.69 Å². The van der Waals surface area contributed by atoms with Crippen LogP contribution in [-0.4, -0.2) is 18.1 Å². The van der Waals surface area contributed by atoms with Gasteiger partial charge in [0.1, 0.15) is 0 Å². The highest BCUT2D eigenvalue weighted by Gasteiger charge is 2.21. The topological polar surface area (TPSA) is 28.2 Å². The standard InChI is InChI=1S/C15H18BrN3S/c1-19(8-14-9-20-10-18-14)15-5-2-12(16)6-11(15)7-17-13-3-4-13/h2,5-6,9-10,13,17H,3-4,7-8H2,1H3. The molecule has 1 fully saturated rings. The van der Waals surface area contributed by atoms with E-state index in [2.05, 4.69) is 61.8 Å². The maximum Gasteiger partial charge on any atom is 0.0795 e. The second-order valence-corrected chi connectivity index (χ2v) is 6.90. The van der Waals surface area contributed by atoms with Gasteiger partial charge >= 0.3 is 0 Å². The van der Waals surface area contributed by atoms with Gasteiger partial charge in [0.15, 0.2) is 0 Å². The van der Waals surface area contributed by atoms with Gasteiger partial charge in [-0.15, -0.1) is 11.3 Å². The summed E-state index contributed by atoms with van der Waals surface area (Å²) >= 11 is 5.22. The van der Waals surface area contributed by atoms with Gasteiger partial charge < -0.3 is 10.2 Å². The third kappa shape index (κ3) is 3.59. The van der Waals surface area contributed by atoms with Gasteiger partial charge in [-0.3, -0.25) is 0 Å². The fourth-order valence-electron chi connectivity index (χ4n) is 2.25. The van der Waals surface area contributed by atoms with Crippen LogP contribution in [0.2, 0.25) is 0 Å². The average Bonchev–Trinajstić information content (AvgIpc) is 3.13. The van der Waals surface area contributed by atoms with Gasteiger partial charge in [0.2, 0.25) is 0 Å². The van der Waals surface area contributed by atoms with E-state index < -0.39 is 0 Å². The molecule has 3 rings (SSSR count). The fourth-order valence-corrected chi connectivity index (χ4v) is 3.21. The summed E-state index contributed by atoms with van der Waals surface area (Å²) in [5.74, 6) is 0. The molecule has 0 radical (unpaired) electrons. The zero-order valence-corrected chi connectivity index (χ0v) is 13.9. The van der Waals surface area contributed by atoms with E-state index in [1.165, 1.54) is 24.1 Å². The van der Waals surface area contributed by atoms with Crippen molar-refractivity contribution in [1.29, 1.82) is 0 Å². The second-order valence-electron chi connectivity index (χ2n) is 5.26. The van der Waals surface area contributed by atoms with E-state index in [1.807, 2.05) is 5.51 Å². The zero-order chi connectivity index (χ0) is 13.9. The summed E-state index contributed by atoms with van der Waals surface area (Å²) in [7, 11) is 2.13. The summed E-state index contributed by atoms with van der Waals surface area (Å²) in [6.45, 7) is 1.78. The van der Waals surface area contributed by atoms with Crippen molar-refractivity contribution < 1.29 is 0 Å². The van der Waals surface area contributed by atoms with Gasteiger partial charge in [0.25, 0.3) is 0 Å². The first-order valence-corrected chi connectivity index (χ1v) is 8.56. The highest BCUT2D eigenvalue weighted by Crippen LogP contribution is 2.27. The molecule has 1 heterocycles. The average molecular weight is 352 g/mol. The third-order valence-corrected chi connectivity index (χ3v) is 4.62. The van der Waals surface area contributed by atoms with Gasteiger partial charge in [0, 0.05) is 35.2 Å². The van der Waals surface area contributed by atoms with Crippen LogP contribution < -0.4 is 10.2 Å². The molecule has 0 spiro atoms. The number of thiazole rings is 1. The summed E-state index contributed by atoms with van der Waals surface area (Å²) in [6, 6.07) is 7.22. The van der Waals surface area contributed by atoms with E-state index in [0.717, 1.165) is 29.3 Å². The number of rotatable bonds is 6. The maximum atomic E-state index is 4.37. The molecule has 0 bridgehead atoms. The van der Waals surface area contributed by atoms with Crippen LogP contribution >= 0.6 is 27.3 Å². The molecule has 1 aliphatic rings. The van der Waals surface area contributed by atoms with Crippen molar-refractivity contribution in [2.45, 2.75) is 32.0 Å². The number of hydrogen-bond donors (Lipinski definition) is 1. The lowest BCUT2D eigenvalue weighted by Crippen LogP contribution is -2.21. The monoisotopic (exact) mass is 351 g/mol. The molecule has 1 N–H and O–H groups in total. The van der Waals surface area contributed by atoms with Gasteiger partial charge in [-0.1, -0.05) is 15.9 Å². The van der Waals surface area contributed by atoms with E-state index in [0.29, 0.717) is 0 Å². The summed E-state index contributed by atoms with van der Waals surface area (Å²) in [6.07, 6.45) is 2.63. The molecule has 0 atom stereocenters. The molecule has 20 heavy (non-hydrogen) atoms. The molecule has 0 saturated heterocycles. The van der Waals surface area contributed by atoms with Crippen molar-refractivity contribution in [3.8, 4) is 0 Å². The molecule has 1 aliphatic carbocycles. The first-order valence-electron chi connectivity index (χ1n) is 6.82. The number of hydrogen-bond acceptors (Lipinski definition) is 4. The molecule has 0 amide bonds. The number of nitrogens with one attached hydrogen (secondary N) is 1. The Balaban J connectivity index is 1.75. The predicted molar refractivity (Wildman–Crippen MR) is 88.2 cm³/mol. The largest absolute Gasteiger partial charge is 0.368 e. The Morgan fingerprint density at radius 3 is 3.00 bits per heavy atom. The van der Waals surface area contributed by atoms with E-state index >= 15 is 0 Å². The minimum Gasteiger partial charge on any atom is -0.368 e. The number of anilines is 1. The van der Waals surface area contributed by atoms with Crippen LogP contribution in [0.5, 0.6) is 0 Å². The van der Waals surface area contributed by atoms with Crippen molar-refractivity contribution in [2.24, 2.45) is 0 Å². The Labute approximate surface area is 132 Å². The number of halogens is 1. The van der Waals surface area contributed by atoms with Gasteiger partial charge in [-0.05, 0) is 36.6 Å². The molecular formula is C15H18BrN3S. The SMILES string of the molecule is CN(Cc1cscn1)c1ccc(Br)cc1CNC1CC1. The highest BCUT2D eigenvalue weighted by atomic mass is 79.9. The zero-order valence-electron chi connectivity index (χ0n) is 11.5. The molecule has 1 aromatic carbocycles. The molecule has 5 heteroatoms. The Hall–Kier alpha value is -0.910. The van der Waals surface area contributed by atoms with Crippen LogP contribution in [-0.2, 0) is 13.1 Å². The van der Waals surface area contributed by atoms with Crippen LogP contribution in [0, 0.1) is 0 Å². The van der Waals surface area contributed by atoms with Gasteiger partial charge in [-0.25, -0.2) is 4.98 Å². The number of nitrogens with zero attached hydrogens (tertiary/aromatic N) is 2. The molecule has 0 unspecified atom stereocenters. The van der Waals surface area contributed by atoms with Crippen LogP contribution in [0.15, 0.2) is 33.6 Å². The van der Waals surface area contributed by atoms with Crippen molar-refractivity contribution in [3.05, 3.63) is 44.8 Å². The molecular weight excluding hydrogens is 334 g/mol. The van der Waals surface area contributed by atoms with E-state index in [-0.39, 0.29) is 0 Å². The van der Waals surface area contributed by atoms with Crippen molar-refractivity contribution in [3.63, 3.8) is 0 Å². The molecule has 1 aromatic heterocycles. The fraction of sp³-hybridized carbons (Fsp3) is 0.400. The quantitative estimate of drug-likeness (QED) is 0.857. The molecule has 106 valence electrons. The molecule has 3 nitrogen and oxygen atoms in total. The van der Waals surface area contributed by atoms with E-state index in [1.54, 1.807) is 11.3 Å². The summed E-state index contributed by atoms with van der Waals surface area (Å²) < 4.78 is 1.14. The summed E-state index contributed by atoms with van der Waals surface area (Å²) in [4.78, 5) is 6.63. The Morgan fingerprint density at radius 1 is 1.45 bits per heavy atom. The summed E-state index contributed by atoms with van der Waals surface area (Å²) in [5, 5.41) is 5.70. The molecule has 0 aliphatic heterocycles. The van der Waals surface area contributed by atoms with Crippen molar-refractivity contribution in [1.82, 2.24) is 10.3 Å². The molecule has 1 saturated carbocycles. The smallest absolute Gasteiger partial charge is 0.0795 e. The Morgan fingerprint density at radius 2 is 2.30 bits per heavy atom. The number of benzene rings is 1. The normalized spacial score (nSPS) is 14.5. The Bertz CT molecular complexity index is 567. The Kier molecular flexibility index (Phi) is 4.38. The first-order chi connectivity index (χ1) is 9.72. The lowest BCUT2D eigenvalue weighted by atomic mass is 10.1. The minimum atomic E-state index is 0.727. The lowest BCUT2D eigenvalue weighted by Gasteiger charge is -2.22. The number of aromatic nitrogens is 1.